The normalized spacial score (nSPS) is 10.0. The van der Waals surface area contributed by atoms with Crippen molar-refractivity contribution in [3.05, 3.63) is 70.2 Å². The number of hydrogen-bond donors (Lipinski definition) is 0. The van der Waals surface area contributed by atoms with Gasteiger partial charge in [-0.2, -0.15) is 17.0 Å². The Kier molecular flexibility index (Phi) is 4.69. The molecule has 0 heterocycles. The fourth-order valence-corrected chi connectivity index (χ4v) is 2.74. The third-order valence-corrected chi connectivity index (χ3v) is 3.88. The Bertz CT molecular complexity index is 557. The van der Waals surface area contributed by atoms with E-state index in [-0.39, 0.29) is 0 Å². The fraction of sp³-hybridized carbons (Fsp3) is 0.133. The molecular formula is C15H12ClNS. The number of nitriles is 1. The van der Waals surface area contributed by atoms with E-state index in [1.54, 1.807) is 11.8 Å². The fourth-order valence-electron chi connectivity index (χ4n) is 1.61. The Morgan fingerprint density at radius 3 is 2.44 bits per heavy atom. The zero-order valence-electron chi connectivity index (χ0n) is 9.77. The second-order valence-electron chi connectivity index (χ2n) is 3.89. The Balaban J connectivity index is 1.93. The minimum Gasteiger partial charge on any atom is -0.192 e. The molecule has 0 bridgehead atoms. The van der Waals surface area contributed by atoms with Crippen LogP contribution in [0.3, 0.4) is 0 Å². The molecule has 0 atom stereocenters. The molecule has 0 amide bonds. The maximum atomic E-state index is 8.99. The number of hydrogen-bond acceptors (Lipinski definition) is 2. The van der Waals surface area contributed by atoms with E-state index >= 15 is 0 Å². The van der Waals surface area contributed by atoms with Gasteiger partial charge in [0.25, 0.3) is 0 Å². The molecule has 0 saturated carbocycles. The first-order valence-corrected chi connectivity index (χ1v) is 7.13. The monoisotopic (exact) mass is 273 g/mol. The van der Waals surface area contributed by atoms with Crippen LogP contribution in [0.4, 0.5) is 0 Å². The molecule has 0 aromatic heterocycles. The lowest BCUT2D eigenvalue weighted by molar-refractivity contribution is 1.33. The summed E-state index contributed by atoms with van der Waals surface area (Å²) in [5.41, 5.74) is 3.11. The van der Waals surface area contributed by atoms with Crippen molar-refractivity contribution in [1.29, 1.82) is 5.26 Å². The van der Waals surface area contributed by atoms with Crippen molar-refractivity contribution >= 4 is 23.4 Å². The van der Waals surface area contributed by atoms with Gasteiger partial charge in [-0.3, -0.25) is 0 Å². The molecule has 90 valence electrons. The second-order valence-corrected chi connectivity index (χ2v) is 5.31. The molecule has 0 N–H and O–H groups in total. The van der Waals surface area contributed by atoms with Crippen LogP contribution in [0.25, 0.3) is 0 Å². The predicted molar refractivity (Wildman–Crippen MR) is 77.6 cm³/mol. The lowest BCUT2D eigenvalue weighted by Crippen LogP contribution is -1.87. The second kappa shape index (κ2) is 6.49. The van der Waals surface area contributed by atoms with Gasteiger partial charge in [0.2, 0.25) is 0 Å². The van der Waals surface area contributed by atoms with E-state index in [4.69, 9.17) is 16.9 Å². The highest BCUT2D eigenvalue weighted by atomic mass is 35.5. The van der Waals surface area contributed by atoms with E-state index in [0.717, 1.165) is 27.7 Å². The molecule has 0 aliphatic carbocycles. The molecule has 0 unspecified atom stereocenters. The summed E-state index contributed by atoms with van der Waals surface area (Å²) < 4.78 is 0. The highest BCUT2D eigenvalue weighted by Gasteiger charge is 2.01. The van der Waals surface area contributed by atoms with Crippen LogP contribution in [0.1, 0.15) is 16.7 Å². The summed E-state index contributed by atoms with van der Waals surface area (Å²) in [4.78, 5) is 0. The molecular weight excluding hydrogens is 262 g/mol. The van der Waals surface area contributed by atoms with Gasteiger partial charge in [0.05, 0.1) is 11.6 Å². The molecule has 2 aromatic carbocycles. The summed E-state index contributed by atoms with van der Waals surface area (Å²) in [5, 5.41) is 9.75. The first-order chi connectivity index (χ1) is 8.79. The molecule has 0 radical (unpaired) electrons. The van der Waals surface area contributed by atoms with Gasteiger partial charge in [-0.05, 0) is 29.3 Å². The summed E-state index contributed by atoms with van der Waals surface area (Å²) in [6, 6.07) is 17.8. The molecule has 2 rings (SSSR count). The zero-order valence-corrected chi connectivity index (χ0v) is 11.3. The Morgan fingerprint density at radius 2 is 1.72 bits per heavy atom. The predicted octanol–water partition coefficient (Wildman–Crippen LogP) is 4.65. The highest BCUT2D eigenvalue weighted by molar-refractivity contribution is 7.97. The van der Waals surface area contributed by atoms with Gasteiger partial charge in [-0.25, -0.2) is 0 Å². The number of thioether (sulfide) groups is 1. The van der Waals surface area contributed by atoms with Gasteiger partial charge < -0.3 is 0 Å². The maximum Gasteiger partial charge on any atom is 0.0994 e. The van der Waals surface area contributed by atoms with E-state index in [9.17, 15) is 0 Å². The molecule has 2 aromatic rings. The Morgan fingerprint density at radius 1 is 1.00 bits per heavy atom. The average molecular weight is 274 g/mol. The van der Waals surface area contributed by atoms with Crippen molar-refractivity contribution in [2.24, 2.45) is 0 Å². The molecule has 0 saturated heterocycles. The van der Waals surface area contributed by atoms with Crippen molar-refractivity contribution in [2.75, 3.05) is 0 Å². The van der Waals surface area contributed by atoms with Gasteiger partial charge in [-0.15, -0.1) is 0 Å². The van der Waals surface area contributed by atoms with Gasteiger partial charge in [-0.1, -0.05) is 41.9 Å². The molecule has 18 heavy (non-hydrogen) atoms. The summed E-state index contributed by atoms with van der Waals surface area (Å²) in [6.45, 7) is 0. The lowest BCUT2D eigenvalue weighted by Gasteiger charge is -2.04. The number of rotatable bonds is 4. The smallest absolute Gasteiger partial charge is 0.0994 e. The largest absolute Gasteiger partial charge is 0.192 e. The summed E-state index contributed by atoms with van der Waals surface area (Å²) in [6.07, 6.45) is 0. The van der Waals surface area contributed by atoms with E-state index in [1.165, 1.54) is 5.56 Å². The van der Waals surface area contributed by atoms with Gasteiger partial charge in [0, 0.05) is 16.5 Å². The van der Waals surface area contributed by atoms with E-state index in [1.807, 2.05) is 48.5 Å². The molecule has 0 fully saturated rings. The first kappa shape index (κ1) is 13.0. The van der Waals surface area contributed by atoms with Crippen LogP contribution < -0.4 is 0 Å². The van der Waals surface area contributed by atoms with Gasteiger partial charge in [0.1, 0.15) is 0 Å². The number of halogens is 1. The standard InChI is InChI=1S/C15H12ClNS/c16-15-7-5-12(6-8-15)10-18-11-14-4-2-1-3-13(14)9-17/h1-8H,10-11H2. The van der Waals surface area contributed by atoms with Crippen LogP contribution in [0, 0.1) is 11.3 Å². The molecule has 0 aliphatic heterocycles. The van der Waals surface area contributed by atoms with Crippen LogP contribution >= 0.6 is 23.4 Å². The van der Waals surface area contributed by atoms with E-state index in [0.29, 0.717) is 0 Å². The number of benzene rings is 2. The Labute approximate surface area is 116 Å². The summed E-state index contributed by atoms with van der Waals surface area (Å²) in [5.74, 6) is 1.78. The summed E-state index contributed by atoms with van der Waals surface area (Å²) in [7, 11) is 0. The lowest BCUT2D eigenvalue weighted by atomic mass is 10.1. The SMILES string of the molecule is N#Cc1ccccc1CSCc1ccc(Cl)cc1. The number of nitrogens with zero attached hydrogens (tertiary/aromatic N) is 1. The van der Waals surface area contributed by atoms with Crippen LogP contribution in [-0.4, -0.2) is 0 Å². The zero-order chi connectivity index (χ0) is 12.8. The third-order valence-electron chi connectivity index (χ3n) is 2.58. The molecule has 1 nitrogen and oxygen atoms in total. The highest BCUT2D eigenvalue weighted by Crippen LogP contribution is 2.21. The van der Waals surface area contributed by atoms with Crippen molar-refractivity contribution in [2.45, 2.75) is 11.5 Å². The van der Waals surface area contributed by atoms with Crippen LogP contribution in [0.2, 0.25) is 5.02 Å². The van der Waals surface area contributed by atoms with Crippen molar-refractivity contribution in [1.82, 2.24) is 0 Å². The van der Waals surface area contributed by atoms with E-state index in [2.05, 4.69) is 6.07 Å². The third kappa shape index (κ3) is 3.53. The van der Waals surface area contributed by atoms with Crippen LogP contribution in [0.15, 0.2) is 48.5 Å². The molecule has 3 heteroatoms. The van der Waals surface area contributed by atoms with Crippen molar-refractivity contribution < 1.29 is 0 Å². The first-order valence-electron chi connectivity index (χ1n) is 5.60. The van der Waals surface area contributed by atoms with Crippen molar-refractivity contribution in [3.63, 3.8) is 0 Å². The molecule has 0 spiro atoms. The minimum atomic E-state index is 0.763. The van der Waals surface area contributed by atoms with Gasteiger partial charge >= 0.3 is 0 Å². The quantitative estimate of drug-likeness (QED) is 0.810. The molecule has 0 aliphatic rings. The topological polar surface area (TPSA) is 23.8 Å². The van der Waals surface area contributed by atoms with E-state index < -0.39 is 0 Å². The maximum absolute atomic E-state index is 8.99. The van der Waals surface area contributed by atoms with Crippen molar-refractivity contribution in [3.8, 4) is 6.07 Å². The minimum absolute atomic E-state index is 0.763. The van der Waals surface area contributed by atoms with Crippen LogP contribution in [-0.2, 0) is 11.5 Å². The average Bonchev–Trinajstić information content (AvgIpc) is 2.41. The Hall–Kier alpha value is -1.43. The van der Waals surface area contributed by atoms with Gasteiger partial charge in [0.15, 0.2) is 0 Å². The van der Waals surface area contributed by atoms with Crippen LogP contribution in [0.5, 0.6) is 0 Å². The summed E-state index contributed by atoms with van der Waals surface area (Å²) >= 11 is 7.64.